The molecule has 0 aliphatic carbocycles. The summed E-state index contributed by atoms with van der Waals surface area (Å²) in [6, 6.07) is 9.71. The van der Waals surface area contributed by atoms with Gasteiger partial charge in [0.25, 0.3) is 0 Å². The Morgan fingerprint density at radius 1 is 1.22 bits per heavy atom. The van der Waals surface area contributed by atoms with Crippen molar-refractivity contribution in [1.29, 1.82) is 0 Å². The van der Waals surface area contributed by atoms with Crippen LogP contribution >= 0.6 is 12.4 Å². The molecule has 1 aromatic rings. The zero-order valence-corrected chi connectivity index (χ0v) is 11.9. The summed E-state index contributed by atoms with van der Waals surface area (Å²) in [5.41, 5.74) is 6.98. The van der Waals surface area contributed by atoms with Gasteiger partial charge in [-0.2, -0.15) is 0 Å². The predicted octanol–water partition coefficient (Wildman–Crippen LogP) is 2.36. The maximum Gasteiger partial charge on any atom is 0.0924 e. The molecular formula is C14H24ClNO2. The van der Waals surface area contributed by atoms with E-state index in [9.17, 15) is 5.11 Å². The molecule has 0 saturated carbocycles. The van der Waals surface area contributed by atoms with Gasteiger partial charge in [0.2, 0.25) is 0 Å². The molecule has 0 fully saturated rings. The molecule has 1 unspecified atom stereocenters. The molecule has 0 amide bonds. The second kappa shape index (κ2) is 9.34. The van der Waals surface area contributed by atoms with Gasteiger partial charge in [0.05, 0.1) is 19.3 Å². The van der Waals surface area contributed by atoms with Crippen LogP contribution in [-0.4, -0.2) is 23.9 Å². The number of nitrogens with two attached hydrogens (primary N) is 1. The van der Waals surface area contributed by atoms with Crippen molar-refractivity contribution in [2.45, 2.75) is 39.0 Å². The second-order valence-corrected chi connectivity index (χ2v) is 4.86. The van der Waals surface area contributed by atoms with Gasteiger partial charge >= 0.3 is 0 Å². The lowest BCUT2D eigenvalue weighted by atomic mass is 10.0. The van der Waals surface area contributed by atoms with E-state index >= 15 is 0 Å². The molecule has 3 nitrogen and oxygen atoms in total. The predicted molar refractivity (Wildman–Crippen MR) is 76.8 cm³/mol. The molecule has 2 atom stereocenters. The van der Waals surface area contributed by atoms with Crippen LogP contribution in [0.2, 0.25) is 0 Å². The molecule has 18 heavy (non-hydrogen) atoms. The third kappa shape index (κ3) is 6.97. The van der Waals surface area contributed by atoms with E-state index in [1.807, 2.05) is 30.3 Å². The first kappa shape index (κ1) is 17.4. The summed E-state index contributed by atoms with van der Waals surface area (Å²) < 4.78 is 5.45. The Balaban J connectivity index is 0.00000289. The normalized spacial score (nSPS) is 14.1. The largest absolute Gasteiger partial charge is 0.389 e. The van der Waals surface area contributed by atoms with Crippen molar-refractivity contribution in [2.75, 3.05) is 6.61 Å². The van der Waals surface area contributed by atoms with Crippen LogP contribution in [0.15, 0.2) is 30.3 Å². The lowest BCUT2D eigenvalue weighted by Crippen LogP contribution is -2.38. The minimum Gasteiger partial charge on any atom is -0.389 e. The first-order chi connectivity index (χ1) is 8.09. The first-order valence-electron chi connectivity index (χ1n) is 6.15. The molecule has 0 bridgehead atoms. The monoisotopic (exact) mass is 273 g/mol. The molecule has 3 N–H and O–H groups in total. The Hall–Kier alpha value is -0.610. The fourth-order valence-corrected chi connectivity index (χ4v) is 1.70. The van der Waals surface area contributed by atoms with Gasteiger partial charge in [-0.3, -0.25) is 0 Å². The molecule has 0 saturated heterocycles. The fourth-order valence-electron chi connectivity index (χ4n) is 1.70. The molecule has 0 radical (unpaired) electrons. The minimum absolute atomic E-state index is 0. The minimum atomic E-state index is -0.582. The number of hydrogen-bond donors (Lipinski definition) is 2. The zero-order valence-electron chi connectivity index (χ0n) is 11.1. The molecule has 4 heteroatoms. The van der Waals surface area contributed by atoms with E-state index in [-0.39, 0.29) is 18.4 Å². The van der Waals surface area contributed by atoms with E-state index < -0.39 is 6.10 Å². The maximum absolute atomic E-state index is 9.79. The quantitative estimate of drug-likeness (QED) is 0.802. The van der Waals surface area contributed by atoms with Gasteiger partial charge in [0.15, 0.2) is 0 Å². The van der Waals surface area contributed by atoms with Crippen molar-refractivity contribution in [3.8, 4) is 0 Å². The van der Waals surface area contributed by atoms with Crippen LogP contribution < -0.4 is 5.73 Å². The Bertz CT molecular complexity index is 306. The number of rotatable bonds is 7. The van der Waals surface area contributed by atoms with E-state index in [0.717, 1.165) is 12.0 Å². The number of aliphatic hydroxyl groups excluding tert-OH is 1. The van der Waals surface area contributed by atoms with Crippen LogP contribution in [0, 0.1) is 5.92 Å². The SMILES string of the molecule is CC(C)C[C@H](N)C(O)COCc1ccccc1.Cl. The maximum atomic E-state index is 9.79. The summed E-state index contributed by atoms with van der Waals surface area (Å²) in [5.74, 6) is 0.494. The molecule has 104 valence electrons. The third-order valence-electron chi connectivity index (χ3n) is 2.64. The summed E-state index contributed by atoms with van der Waals surface area (Å²) in [5, 5.41) is 9.79. The van der Waals surface area contributed by atoms with Crippen LogP contribution in [0.5, 0.6) is 0 Å². The highest BCUT2D eigenvalue weighted by molar-refractivity contribution is 5.85. The van der Waals surface area contributed by atoms with Crippen molar-refractivity contribution in [3.05, 3.63) is 35.9 Å². The number of hydrogen-bond acceptors (Lipinski definition) is 3. The van der Waals surface area contributed by atoms with Crippen LogP contribution in [-0.2, 0) is 11.3 Å². The van der Waals surface area contributed by atoms with Crippen molar-refractivity contribution in [1.82, 2.24) is 0 Å². The highest BCUT2D eigenvalue weighted by Crippen LogP contribution is 2.07. The van der Waals surface area contributed by atoms with Crippen molar-refractivity contribution < 1.29 is 9.84 Å². The molecule has 0 aromatic heterocycles. The van der Waals surface area contributed by atoms with Gasteiger partial charge in [-0.25, -0.2) is 0 Å². The van der Waals surface area contributed by atoms with Crippen LogP contribution in [0.4, 0.5) is 0 Å². The van der Waals surface area contributed by atoms with Crippen LogP contribution in [0.1, 0.15) is 25.8 Å². The summed E-state index contributed by atoms with van der Waals surface area (Å²) in [6.07, 6.45) is 0.233. The summed E-state index contributed by atoms with van der Waals surface area (Å²) in [4.78, 5) is 0. The van der Waals surface area contributed by atoms with Crippen molar-refractivity contribution in [2.24, 2.45) is 11.7 Å². The second-order valence-electron chi connectivity index (χ2n) is 4.86. The zero-order chi connectivity index (χ0) is 12.7. The summed E-state index contributed by atoms with van der Waals surface area (Å²) >= 11 is 0. The Kier molecular flexibility index (Phi) is 9.02. The number of halogens is 1. The highest BCUT2D eigenvalue weighted by Gasteiger charge is 2.15. The molecule has 1 aromatic carbocycles. The van der Waals surface area contributed by atoms with Crippen molar-refractivity contribution >= 4 is 12.4 Å². The third-order valence-corrected chi connectivity index (χ3v) is 2.64. The van der Waals surface area contributed by atoms with Crippen LogP contribution in [0.25, 0.3) is 0 Å². The number of ether oxygens (including phenoxy) is 1. The van der Waals surface area contributed by atoms with Gasteiger partial charge in [-0.05, 0) is 17.9 Å². The summed E-state index contributed by atoms with van der Waals surface area (Å²) in [7, 11) is 0. The van der Waals surface area contributed by atoms with E-state index in [4.69, 9.17) is 10.5 Å². The highest BCUT2D eigenvalue weighted by atomic mass is 35.5. The smallest absolute Gasteiger partial charge is 0.0924 e. The molecule has 0 aliphatic rings. The fraction of sp³-hybridized carbons (Fsp3) is 0.571. The average Bonchev–Trinajstić information content (AvgIpc) is 2.29. The van der Waals surface area contributed by atoms with Crippen LogP contribution in [0.3, 0.4) is 0 Å². The lowest BCUT2D eigenvalue weighted by molar-refractivity contribution is 0.0128. The Labute approximate surface area is 116 Å². The van der Waals surface area contributed by atoms with E-state index in [1.54, 1.807) is 0 Å². The average molecular weight is 274 g/mol. The first-order valence-corrected chi connectivity index (χ1v) is 6.15. The summed E-state index contributed by atoms with van der Waals surface area (Å²) in [6.45, 7) is 5.00. The van der Waals surface area contributed by atoms with Crippen molar-refractivity contribution in [3.63, 3.8) is 0 Å². The number of aliphatic hydroxyl groups is 1. The standard InChI is InChI=1S/C14H23NO2.ClH/c1-11(2)8-13(15)14(16)10-17-9-12-6-4-3-5-7-12;/h3-7,11,13-14,16H,8-10,15H2,1-2H3;1H/t13-,14?;/m0./s1. The molecule has 0 spiro atoms. The van der Waals surface area contributed by atoms with Gasteiger partial charge in [0.1, 0.15) is 0 Å². The van der Waals surface area contributed by atoms with Gasteiger partial charge in [-0.15, -0.1) is 12.4 Å². The van der Waals surface area contributed by atoms with Gasteiger partial charge in [-0.1, -0.05) is 44.2 Å². The molecule has 0 heterocycles. The van der Waals surface area contributed by atoms with Gasteiger partial charge < -0.3 is 15.6 Å². The topological polar surface area (TPSA) is 55.5 Å². The number of benzene rings is 1. The van der Waals surface area contributed by atoms with E-state index in [0.29, 0.717) is 19.1 Å². The lowest BCUT2D eigenvalue weighted by Gasteiger charge is -2.20. The Morgan fingerprint density at radius 2 is 1.83 bits per heavy atom. The van der Waals surface area contributed by atoms with E-state index in [2.05, 4.69) is 13.8 Å². The molecule has 1 rings (SSSR count). The Morgan fingerprint density at radius 3 is 2.39 bits per heavy atom. The molecular weight excluding hydrogens is 250 g/mol. The van der Waals surface area contributed by atoms with Gasteiger partial charge in [0, 0.05) is 6.04 Å². The van der Waals surface area contributed by atoms with E-state index in [1.165, 1.54) is 0 Å². The molecule has 0 aliphatic heterocycles.